The molecule has 0 aliphatic rings. The smallest absolute Gasteiger partial charge is 0.266 e. The average molecular weight is 259 g/mol. The van der Waals surface area contributed by atoms with E-state index in [1.165, 1.54) is 6.20 Å². The van der Waals surface area contributed by atoms with Crippen LogP contribution < -0.4 is 5.73 Å². The van der Waals surface area contributed by atoms with Crippen LogP contribution in [-0.2, 0) is 0 Å². The van der Waals surface area contributed by atoms with Gasteiger partial charge in [0, 0.05) is 5.92 Å². The highest BCUT2D eigenvalue weighted by atomic mass is 16.3. The minimum Gasteiger partial charge on any atom is -0.388 e. The molecule has 2 unspecified atom stereocenters. The molecule has 19 heavy (non-hydrogen) atoms. The summed E-state index contributed by atoms with van der Waals surface area (Å²) in [5.41, 5.74) is 6.32. The van der Waals surface area contributed by atoms with E-state index in [9.17, 15) is 9.90 Å². The highest BCUT2D eigenvalue weighted by Gasteiger charge is 2.17. The number of amides is 1. The van der Waals surface area contributed by atoms with Crippen molar-refractivity contribution < 1.29 is 9.90 Å². The number of aliphatic hydroxyl groups excluding tert-OH is 1. The molecule has 0 saturated heterocycles. The number of hydrogen-bond donors (Lipinski definition) is 3. The topological polar surface area (TPSA) is 92.0 Å². The molecule has 2 rings (SSSR count). The van der Waals surface area contributed by atoms with Crippen LogP contribution in [0.2, 0.25) is 0 Å². The largest absolute Gasteiger partial charge is 0.388 e. The number of aromatic nitrogens is 2. The first-order valence-corrected chi connectivity index (χ1v) is 6.15. The molecule has 2 aromatic rings. The van der Waals surface area contributed by atoms with Crippen LogP contribution >= 0.6 is 0 Å². The molecule has 5 heteroatoms. The van der Waals surface area contributed by atoms with Gasteiger partial charge < -0.3 is 15.8 Å². The summed E-state index contributed by atoms with van der Waals surface area (Å²) in [4.78, 5) is 18.0. The molecule has 0 fully saturated rings. The number of benzene rings is 1. The number of nitrogens with two attached hydrogens (primary N) is 1. The Labute approximate surface area is 111 Å². The number of carbonyl (C=O) groups is 1. The van der Waals surface area contributed by atoms with E-state index in [0.717, 1.165) is 5.56 Å². The van der Waals surface area contributed by atoms with E-state index in [2.05, 4.69) is 9.97 Å². The average Bonchev–Trinajstić information content (AvgIpc) is 2.89. The van der Waals surface area contributed by atoms with Crippen LogP contribution in [0.15, 0.2) is 36.5 Å². The summed E-state index contributed by atoms with van der Waals surface area (Å²) in [5.74, 6) is 0.127. The lowest BCUT2D eigenvalue weighted by Gasteiger charge is -2.15. The molecule has 1 aromatic carbocycles. The Kier molecular flexibility index (Phi) is 3.97. The van der Waals surface area contributed by atoms with Gasteiger partial charge in [-0.25, -0.2) is 4.98 Å². The van der Waals surface area contributed by atoms with Crippen molar-refractivity contribution in [2.24, 2.45) is 5.73 Å². The van der Waals surface area contributed by atoms with Crippen molar-refractivity contribution in [1.82, 2.24) is 9.97 Å². The standard InChI is InChI=1S/C14H17N3O2/c1-9(14-16-8-11(17-14)13(15)19)7-12(18)10-5-3-2-4-6-10/h2-6,8-9,12,18H,7H2,1H3,(H2,15,19)(H,16,17). The number of imidazole rings is 1. The summed E-state index contributed by atoms with van der Waals surface area (Å²) in [6.45, 7) is 1.94. The molecule has 1 amide bonds. The first-order chi connectivity index (χ1) is 9.08. The number of aliphatic hydroxyl groups is 1. The van der Waals surface area contributed by atoms with E-state index < -0.39 is 12.0 Å². The van der Waals surface area contributed by atoms with Crippen molar-refractivity contribution in [2.75, 3.05) is 0 Å². The zero-order valence-electron chi connectivity index (χ0n) is 10.7. The fourth-order valence-corrected chi connectivity index (χ4v) is 1.97. The molecule has 0 radical (unpaired) electrons. The number of rotatable bonds is 5. The monoisotopic (exact) mass is 259 g/mol. The molecule has 4 N–H and O–H groups in total. The van der Waals surface area contributed by atoms with Crippen molar-refractivity contribution >= 4 is 5.91 Å². The van der Waals surface area contributed by atoms with Gasteiger partial charge in [0.2, 0.25) is 0 Å². The van der Waals surface area contributed by atoms with Gasteiger partial charge >= 0.3 is 0 Å². The molecule has 0 spiro atoms. The van der Waals surface area contributed by atoms with Crippen LogP contribution in [0.1, 0.15) is 47.2 Å². The first-order valence-electron chi connectivity index (χ1n) is 6.15. The van der Waals surface area contributed by atoms with E-state index >= 15 is 0 Å². The molecule has 0 aliphatic carbocycles. The Morgan fingerprint density at radius 2 is 2.11 bits per heavy atom. The third-order valence-electron chi connectivity index (χ3n) is 3.09. The maximum atomic E-state index is 11.0. The summed E-state index contributed by atoms with van der Waals surface area (Å²) in [6.07, 6.45) is 1.39. The quantitative estimate of drug-likeness (QED) is 0.763. The fraction of sp³-hybridized carbons (Fsp3) is 0.286. The van der Waals surface area contributed by atoms with E-state index in [4.69, 9.17) is 5.73 Å². The number of carbonyl (C=O) groups excluding carboxylic acids is 1. The van der Waals surface area contributed by atoms with Gasteiger partial charge in [-0.3, -0.25) is 4.79 Å². The lowest BCUT2D eigenvalue weighted by molar-refractivity contribution is 0.0996. The Morgan fingerprint density at radius 3 is 2.68 bits per heavy atom. The van der Waals surface area contributed by atoms with Gasteiger partial charge in [-0.2, -0.15) is 0 Å². The highest BCUT2D eigenvalue weighted by molar-refractivity contribution is 5.90. The third kappa shape index (κ3) is 3.20. The van der Waals surface area contributed by atoms with Crippen molar-refractivity contribution in [1.29, 1.82) is 0 Å². The van der Waals surface area contributed by atoms with Crippen molar-refractivity contribution in [3.8, 4) is 0 Å². The Morgan fingerprint density at radius 1 is 1.42 bits per heavy atom. The summed E-state index contributed by atoms with van der Waals surface area (Å²) in [5, 5.41) is 10.1. The van der Waals surface area contributed by atoms with Crippen LogP contribution in [0.3, 0.4) is 0 Å². The maximum Gasteiger partial charge on any atom is 0.266 e. The van der Waals surface area contributed by atoms with Gasteiger partial charge in [0.25, 0.3) is 5.91 Å². The molecule has 0 bridgehead atoms. The van der Waals surface area contributed by atoms with Crippen LogP contribution in [0, 0.1) is 0 Å². The number of nitrogens with zero attached hydrogens (tertiary/aromatic N) is 1. The fourth-order valence-electron chi connectivity index (χ4n) is 1.97. The van der Waals surface area contributed by atoms with Crippen molar-refractivity contribution in [3.05, 3.63) is 53.6 Å². The van der Waals surface area contributed by atoms with Crippen molar-refractivity contribution in [2.45, 2.75) is 25.4 Å². The zero-order chi connectivity index (χ0) is 13.8. The SMILES string of the molecule is CC(CC(O)c1ccccc1)c1ncc(C(N)=O)[nH]1. The molecule has 1 heterocycles. The van der Waals surface area contributed by atoms with Gasteiger partial charge in [-0.1, -0.05) is 37.3 Å². The molecular weight excluding hydrogens is 242 g/mol. The third-order valence-corrected chi connectivity index (χ3v) is 3.09. The summed E-state index contributed by atoms with van der Waals surface area (Å²) < 4.78 is 0. The highest BCUT2D eigenvalue weighted by Crippen LogP contribution is 2.26. The van der Waals surface area contributed by atoms with Crippen molar-refractivity contribution in [3.63, 3.8) is 0 Å². The molecule has 0 saturated carbocycles. The summed E-state index contributed by atoms with van der Waals surface area (Å²) >= 11 is 0. The normalized spacial score (nSPS) is 14.0. The van der Waals surface area contributed by atoms with E-state index in [1.54, 1.807) is 0 Å². The van der Waals surface area contributed by atoms with Crippen LogP contribution in [-0.4, -0.2) is 21.0 Å². The predicted molar refractivity (Wildman–Crippen MR) is 71.5 cm³/mol. The van der Waals surface area contributed by atoms with E-state index in [0.29, 0.717) is 12.2 Å². The molecular formula is C14H17N3O2. The maximum absolute atomic E-state index is 11.0. The van der Waals surface area contributed by atoms with Gasteiger partial charge in [-0.05, 0) is 12.0 Å². The van der Waals surface area contributed by atoms with Gasteiger partial charge in [0.15, 0.2) is 0 Å². The molecule has 100 valence electrons. The second-order valence-corrected chi connectivity index (χ2v) is 4.61. The van der Waals surface area contributed by atoms with Gasteiger partial charge in [0.1, 0.15) is 11.5 Å². The lowest BCUT2D eigenvalue weighted by atomic mass is 9.98. The number of H-pyrrole nitrogens is 1. The van der Waals surface area contributed by atoms with Gasteiger partial charge in [0.05, 0.1) is 12.3 Å². The van der Waals surface area contributed by atoms with Crippen LogP contribution in [0.4, 0.5) is 0 Å². The number of primary amides is 1. The molecule has 5 nitrogen and oxygen atoms in total. The second-order valence-electron chi connectivity index (χ2n) is 4.61. The number of nitrogens with one attached hydrogen (secondary N) is 1. The van der Waals surface area contributed by atoms with Gasteiger partial charge in [-0.15, -0.1) is 0 Å². The summed E-state index contributed by atoms with van der Waals surface area (Å²) in [6, 6.07) is 9.46. The summed E-state index contributed by atoms with van der Waals surface area (Å²) in [7, 11) is 0. The molecule has 0 aliphatic heterocycles. The van der Waals surface area contributed by atoms with Crippen LogP contribution in [0.25, 0.3) is 0 Å². The number of hydrogen-bond acceptors (Lipinski definition) is 3. The van der Waals surface area contributed by atoms with E-state index in [1.807, 2.05) is 37.3 Å². The zero-order valence-corrected chi connectivity index (χ0v) is 10.7. The van der Waals surface area contributed by atoms with Crippen LogP contribution in [0.5, 0.6) is 0 Å². The number of aromatic amines is 1. The first kappa shape index (κ1) is 13.3. The Bertz CT molecular complexity index is 551. The minimum atomic E-state index is -0.557. The predicted octanol–water partition coefficient (Wildman–Crippen LogP) is 1.74. The molecule has 1 aromatic heterocycles. The van der Waals surface area contributed by atoms with E-state index in [-0.39, 0.29) is 11.6 Å². The lowest BCUT2D eigenvalue weighted by Crippen LogP contribution is -2.11. The Hall–Kier alpha value is -2.14. The molecule has 2 atom stereocenters. The minimum absolute atomic E-state index is 0.00306. The Balaban J connectivity index is 2.04. The second kappa shape index (κ2) is 5.67.